The van der Waals surface area contributed by atoms with E-state index in [1.807, 2.05) is 25.3 Å². The van der Waals surface area contributed by atoms with Crippen molar-refractivity contribution >= 4 is 28.1 Å². The van der Waals surface area contributed by atoms with Gasteiger partial charge in [0.05, 0.1) is 5.01 Å². The van der Waals surface area contributed by atoms with E-state index in [1.165, 1.54) is 10.9 Å². The van der Waals surface area contributed by atoms with Gasteiger partial charge in [-0.3, -0.25) is 4.79 Å². The van der Waals surface area contributed by atoms with Gasteiger partial charge in [-0.05, 0) is 30.9 Å². The number of para-hydroxylation sites is 1. The van der Waals surface area contributed by atoms with Crippen LogP contribution in [0, 0.1) is 6.92 Å². The highest BCUT2D eigenvalue weighted by Gasteiger charge is 2.18. The first-order chi connectivity index (χ1) is 11.1. The minimum atomic E-state index is -0.0714. The molecule has 0 radical (unpaired) electrons. The van der Waals surface area contributed by atoms with E-state index in [9.17, 15) is 4.79 Å². The molecule has 0 atom stereocenters. The number of aromatic nitrogens is 2. The van der Waals surface area contributed by atoms with Crippen molar-refractivity contribution < 1.29 is 4.79 Å². The number of aryl methyl sites for hydroxylation is 1. The first kappa shape index (κ1) is 15.7. The molecule has 2 N–H and O–H groups in total. The molecule has 0 saturated heterocycles. The number of hydrogen-bond acceptors (Lipinski definition) is 3. The summed E-state index contributed by atoms with van der Waals surface area (Å²) >= 11 is 1.61. The van der Waals surface area contributed by atoms with Crippen molar-refractivity contribution in [2.24, 2.45) is 0 Å². The largest absolute Gasteiger partial charge is 0.361 e. The Morgan fingerprint density at radius 2 is 2.13 bits per heavy atom. The number of amides is 1. The second-order valence-corrected chi connectivity index (χ2v) is 7.20. The van der Waals surface area contributed by atoms with Crippen molar-refractivity contribution in [1.82, 2.24) is 15.3 Å². The quantitative estimate of drug-likeness (QED) is 0.743. The van der Waals surface area contributed by atoms with Crippen LogP contribution in [0.5, 0.6) is 0 Å². The summed E-state index contributed by atoms with van der Waals surface area (Å²) in [6.07, 6.45) is 2.82. The van der Waals surface area contributed by atoms with Crippen LogP contribution >= 0.6 is 11.3 Å². The molecule has 0 aliphatic carbocycles. The van der Waals surface area contributed by atoms with Gasteiger partial charge >= 0.3 is 0 Å². The van der Waals surface area contributed by atoms with Gasteiger partial charge in [0.15, 0.2) is 0 Å². The summed E-state index contributed by atoms with van der Waals surface area (Å²) in [5.74, 6) is 0.244. The number of rotatable bonds is 5. The molecule has 4 nitrogen and oxygen atoms in total. The van der Waals surface area contributed by atoms with E-state index >= 15 is 0 Å². The third kappa shape index (κ3) is 3.29. The monoisotopic (exact) mass is 327 g/mol. The SMILES string of the molecule is Cc1nc(C(=O)NCCc2c[nH]c3ccccc23)c(C(C)C)s1. The zero-order valence-corrected chi connectivity index (χ0v) is 14.5. The topological polar surface area (TPSA) is 57.8 Å². The van der Waals surface area contributed by atoms with Crippen LogP contribution in [0.25, 0.3) is 10.9 Å². The third-order valence-corrected chi connectivity index (χ3v) is 5.13. The Kier molecular flexibility index (Phi) is 4.48. The van der Waals surface area contributed by atoms with Crippen LogP contribution < -0.4 is 5.32 Å². The first-order valence-electron chi connectivity index (χ1n) is 7.86. The van der Waals surface area contributed by atoms with Crippen LogP contribution in [-0.4, -0.2) is 22.4 Å². The smallest absolute Gasteiger partial charge is 0.271 e. The normalized spacial score (nSPS) is 11.3. The van der Waals surface area contributed by atoms with Gasteiger partial charge in [0.2, 0.25) is 0 Å². The molecule has 0 aliphatic heterocycles. The van der Waals surface area contributed by atoms with Crippen molar-refractivity contribution in [3.05, 3.63) is 51.6 Å². The van der Waals surface area contributed by atoms with Crippen molar-refractivity contribution in [1.29, 1.82) is 0 Å². The first-order valence-corrected chi connectivity index (χ1v) is 8.68. The molecule has 1 amide bonds. The molecule has 0 bridgehead atoms. The Bertz CT molecular complexity index is 832. The van der Waals surface area contributed by atoms with E-state index < -0.39 is 0 Å². The molecule has 0 unspecified atom stereocenters. The number of benzene rings is 1. The fourth-order valence-electron chi connectivity index (χ4n) is 2.73. The van der Waals surface area contributed by atoms with Gasteiger partial charge in [-0.25, -0.2) is 4.98 Å². The number of carbonyl (C=O) groups excluding carboxylic acids is 1. The van der Waals surface area contributed by atoms with E-state index in [0.29, 0.717) is 18.2 Å². The maximum absolute atomic E-state index is 12.4. The summed E-state index contributed by atoms with van der Waals surface area (Å²) in [5, 5.41) is 5.16. The molecule has 0 saturated carbocycles. The average Bonchev–Trinajstić information content (AvgIpc) is 3.11. The van der Waals surface area contributed by atoms with Crippen LogP contribution in [0.2, 0.25) is 0 Å². The number of nitrogens with zero attached hydrogens (tertiary/aromatic N) is 1. The highest BCUT2D eigenvalue weighted by atomic mass is 32.1. The lowest BCUT2D eigenvalue weighted by Gasteiger charge is -2.06. The van der Waals surface area contributed by atoms with Crippen LogP contribution in [0.15, 0.2) is 30.5 Å². The fraction of sp³-hybridized carbons (Fsp3) is 0.333. The summed E-state index contributed by atoms with van der Waals surface area (Å²) in [5.41, 5.74) is 2.94. The molecule has 23 heavy (non-hydrogen) atoms. The third-order valence-electron chi connectivity index (χ3n) is 3.85. The van der Waals surface area contributed by atoms with Gasteiger partial charge in [-0.1, -0.05) is 32.0 Å². The molecular weight excluding hydrogens is 306 g/mol. The summed E-state index contributed by atoms with van der Waals surface area (Å²) in [7, 11) is 0. The minimum absolute atomic E-state index is 0.0714. The molecule has 5 heteroatoms. The predicted molar refractivity (Wildman–Crippen MR) is 95.3 cm³/mol. The predicted octanol–water partition coefficient (Wildman–Crippen LogP) is 4.03. The number of aromatic amines is 1. The molecule has 120 valence electrons. The Morgan fingerprint density at radius 3 is 2.91 bits per heavy atom. The van der Waals surface area contributed by atoms with Crippen molar-refractivity contribution in [2.45, 2.75) is 33.1 Å². The van der Waals surface area contributed by atoms with Crippen LogP contribution in [-0.2, 0) is 6.42 Å². The second-order valence-electron chi connectivity index (χ2n) is 5.97. The Morgan fingerprint density at radius 1 is 1.35 bits per heavy atom. The summed E-state index contributed by atoms with van der Waals surface area (Å²) in [6.45, 7) is 6.74. The number of hydrogen-bond donors (Lipinski definition) is 2. The molecule has 0 spiro atoms. The van der Waals surface area contributed by atoms with Crippen LogP contribution in [0.3, 0.4) is 0 Å². The highest BCUT2D eigenvalue weighted by Crippen LogP contribution is 2.26. The fourth-order valence-corrected chi connectivity index (χ4v) is 3.66. The van der Waals surface area contributed by atoms with Crippen molar-refractivity contribution in [2.75, 3.05) is 6.54 Å². The lowest BCUT2D eigenvalue weighted by molar-refractivity contribution is 0.0948. The van der Waals surface area contributed by atoms with E-state index in [1.54, 1.807) is 11.3 Å². The Labute approximate surface area is 140 Å². The van der Waals surface area contributed by atoms with E-state index in [4.69, 9.17) is 0 Å². The standard InChI is InChI=1S/C18H21N3OS/c1-11(2)17-16(21-12(3)23-17)18(22)19-9-8-13-10-20-15-7-5-4-6-14(13)15/h4-7,10-11,20H,8-9H2,1-3H3,(H,19,22). The zero-order chi connectivity index (χ0) is 16.4. The van der Waals surface area contributed by atoms with Gasteiger partial charge in [0.1, 0.15) is 5.69 Å². The van der Waals surface area contributed by atoms with Gasteiger partial charge in [-0.15, -0.1) is 11.3 Å². The molecule has 3 aromatic rings. The number of carbonyl (C=O) groups is 1. The van der Waals surface area contributed by atoms with E-state index in [2.05, 4.69) is 41.3 Å². The van der Waals surface area contributed by atoms with Gasteiger partial charge in [0, 0.05) is 28.5 Å². The lowest BCUT2D eigenvalue weighted by Crippen LogP contribution is -2.27. The lowest BCUT2D eigenvalue weighted by atomic mass is 10.1. The Hall–Kier alpha value is -2.14. The summed E-state index contributed by atoms with van der Waals surface area (Å²) in [4.78, 5) is 21.1. The molecular formula is C18H21N3OS. The maximum Gasteiger partial charge on any atom is 0.271 e. The van der Waals surface area contributed by atoms with Crippen molar-refractivity contribution in [3.63, 3.8) is 0 Å². The molecule has 2 aromatic heterocycles. The van der Waals surface area contributed by atoms with Gasteiger partial charge in [-0.2, -0.15) is 0 Å². The summed E-state index contributed by atoms with van der Waals surface area (Å²) in [6, 6.07) is 8.21. The number of thiazole rings is 1. The zero-order valence-electron chi connectivity index (χ0n) is 13.6. The minimum Gasteiger partial charge on any atom is -0.361 e. The van der Waals surface area contributed by atoms with Crippen LogP contribution in [0.1, 0.15) is 45.7 Å². The molecule has 1 aromatic carbocycles. The molecule has 0 aliphatic rings. The highest BCUT2D eigenvalue weighted by molar-refractivity contribution is 7.12. The number of H-pyrrole nitrogens is 1. The molecule has 0 fully saturated rings. The van der Waals surface area contributed by atoms with Crippen LogP contribution in [0.4, 0.5) is 0 Å². The second kappa shape index (κ2) is 6.54. The maximum atomic E-state index is 12.4. The van der Waals surface area contributed by atoms with Gasteiger partial charge in [0.25, 0.3) is 5.91 Å². The number of fused-ring (bicyclic) bond motifs is 1. The molecule has 3 rings (SSSR count). The van der Waals surface area contributed by atoms with E-state index in [-0.39, 0.29) is 5.91 Å². The van der Waals surface area contributed by atoms with Crippen molar-refractivity contribution in [3.8, 4) is 0 Å². The Balaban J connectivity index is 1.66. The summed E-state index contributed by atoms with van der Waals surface area (Å²) < 4.78 is 0. The average molecular weight is 327 g/mol. The molecule has 2 heterocycles. The van der Waals surface area contributed by atoms with Gasteiger partial charge < -0.3 is 10.3 Å². The van der Waals surface area contributed by atoms with E-state index in [0.717, 1.165) is 21.8 Å². The number of nitrogens with one attached hydrogen (secondary N) is 2.